The molecule has 0 radical (unpaired) electrons. The van der Waals surface area contributed by atoms with Gasteiger partial charge in [-0.1, -0.05) is 115 Å². The molecule has 0 aliphatic carbocycles. The van der Waals surface area contributed by atoms with Gasteiger partial charge < -0.3 is 9.47 Å². The summed E-state index contributed by atoms with van der Waals surface area (Å²) in [5.74, 6) is 0.907. The Kier molecular flexibility index (Phi) is 19.6. The molecule has 0 saturated heterocycles. The minimum absolute atomic E-state index is 0.102. The maximum absolute atomic E-state index is 11.8. The van der Waals surface area contributed by atoms with Crippen LogP contribution in [0.15, 0.2) is 66.7 Å². The van der Waals surface area contributed by atoms with Gasteiger partial charge in [-0.15, -0.1) is 0 Å². The molecule has 4 heteroatoms. The number of para-hydroxylation sites is 1. The Bertz CT molecular complexity index is 1040. The molecule has 1 atom stereocenters. The molecule has 210 valence electrons. The van der Waals surface area contributed by atoms with Crippen molar-refractivity contribution in [3.8, 4) is 16.9 Å². The maximum Gasteiger partial charge on any atom is 0.306 e. The Balaban J connectivity index is 0.000000750. The zero-order chi connectivity index (χ0) is 28.9. The van der Waals surface area contributed by atoms with E-state index < -0.39 is 0 Å². The zero-order valence-corrected chi connectivity index (χ0v) is 25.8. The predicted octanol–water partition coefficient (Wildman–Crippen LogP) is 10.5. The fraction of sp³-hybridized carbons (Fsp3) is 0.441. The second kappa shape index (κ2) is 21.2. The van der Waals surface area contributed by atoms with Crippen LogP contribution < -0.4 is 4.74 Å². The van der Waals surface area contributed by atoms with E-state index in [0.29, 0.717) is 13.0 Å². The first-order valence-corrected chi connectivity index (χ1v) is 14.3. The van der Waals surface area contributed by atoms with E-state index in [4.69, 9.17) is 21.1 Å². The van der Waals surface area contributed by atoms with Crippen molar-refractivity contribution >= 4 is 17.6 Å². The van der Waals surface area contributed by atoms with E-state index in [2.05, 4.69) is 45.9 Å². The minimum atomic E-state index is -0.151. The van der Waals surface area contributed by atoms with Gasteiger partial charge in [-0.2, -0.15) is 0 Å². The van der Waals surface area contributed by atoms with Crippen molar-refractivity contribution in [3.05, 3.63) is 88.4 Å². The van der Waals surface area contributed by atoms with Crippen molar-refractivity contribution in [2.45, 2.75) is 87.0 Å². The van der Waals surface area contributed by atoms with Crippen LogP contribution in [0.3, 0.4) is 0 Å². The molecule has 0 heterocycles. The van der Waals surface area contributed by atoms with Crippen LogP contribution in [-0.4, -0.2) is 19.7 Å². The third-order valence-electron chi connectivity index (χ3n) is 5.82. The largest absolute Gasteiger partial charge is 0.496 e. The maximum atomic E-state index is 11.8. The van der Waals surface area contributed by atoms with Crippen LogP contribution in [0.2, 0.25) is 5.02 Å². The number of esters is 1. The first kappa shape index (κ1) is 35.2. The van der Waals surface area contributed by atoms with Crippen molar-refractivity contribution in [2.75, 3.05) is 13.7 Å². The van der Waals surface area contributed by atoms with Crippen molar-refractivity contribution < 1.29 is 14.3 Å². The first-order chi connectivity index (χ1) is 18.3. The molecule has 0 aliphatic heterocycles. The molecule has 3 aromatic carbocycles. The molecule has 0 aliphatic rings. The molecule has 3 rings (SSSR count). The number of unbranched alkanes of at least 4 members (excludes halogenated alkanes) is 1. The number of halogens is 1. The van der Waals surface area contributed by atoms with E-state index >= 15 is 0 Å². The Labute approximate surface area is 237 Å². The number of aryl methyl sites for hydroxylation is 2. The van der Waals surface area contributed by atoms with Crippen molar-refractivity contribution in [3.63, 3.8) is 0 Å². The monoisotopic (exact) mass is 540 g/mol. The fourth-order valence-corrected chi connectivity index (χ4v) is 3.85. The lowest BCUT2D eigenvalue weighted by Crippen LogP contribution is -2.09. The summed E-state index contributed by atoms with van der Waals surface area (Å²) in [7, 11) is 1.68. The van der Waals surface area contributed by atoms with E-state index in [1.807, 2.05) is 76.2 Å². The highest BCUT2D eigenvalue weighted by Gasteiger charge is 2.17. The summed E-state index contributed by atoms with van der Waals surface area (Å²) in [4.78, 5) is 11.8. The SMILES string of the molecule is CC.CCCC.CCOC(=O)CC(C)c1ccccc1-c1ccc(Cl)cc1CC.COc1ccccc1C. The molecule has 0 bridgehead atoms. The number of rotatable bonds is 8. The second-order valence-electron chi connectivity index (χ2n) is 8.62. The number of benzene rings is 3. The quantitative estimate of drug-likeness (QED) is 0.266. The van der Waals surface area contributed by atoms with Crippen LogP contribution in [0.4, 0.5) is 0 Å². The summed E-state index contributed by atoms with van der Waals surface area (Å²) in [5.41, 5.74) is 5.91. The van der Waals surface area contributed by atoms with Crippen LogP contribution >= 0.6 is 11.6 Å². The Morgan fingerprint density at radius 3 is 2.00 bits per heavy atom. The van der Waals surface area contributed by atoms with Crippen molar-refractivity contribution in [1.29, 1.82) is 0 Å². The number of methoxy groups -OCH3 is 1. The van der Waals surface area contributed by atoms with Gasteiger partial charge >= 0.3 is 5.97 Å². The average Bonchev–Trinajstić information content (AvgIpc) is 2.95. The van der Waals surface area contributed by atoms with Gasteiger partial charge in [0, 0.05) is 5.02 Å². The highest BCUT2D eigenvalue weighted by Crippen LogP contribution is 2.34. The summed E-state index contributed by atoms with van der Waals surface area (Å²) in [6.45, 7) is 16.8. The molecule has 0 spiro atoms. The topological polar surface area (TPSA) is 35.5 Å². The standard InChI is InChI=1S/C20H23ClO2.C8H10O.C4H10.C2H6/c1-4-15-13-16(21)10-11-18(15)19-9-7-6-8-17(19)14(3)12-20(22)23-5-2;1-7-5-3-4-6-8(7)9-2;1-3-4-2;1-2/h6-11,13-14H,4-5,12H2,1-3H3;3-6H,1-2H3;3-4H2,1-2H3;1-2H3. The Hall–Kier alpha value is -2.78. The van der Waals surface area contributed by atoms with Crippen LogP contribution in [-0.2, 0) is 16.0 Å². The molecule has 0 fully saturated rings. The fourth-order valence-electron chi connectivity index (χ4n) is 3.65. The van der Waals surface area contributed by atoms with Gasteiger partial charge in [0.2, 0.25) is 0 Å². The molecule has 3 nitrogen and oxygen atoms in total. The van der Waals surface area contributed by atoms with Crippen LogP contribution in [0.25, 0.3) is 11.1 Å². The van der Waals surface area contributed by atoms with E-state index in [0.717, 1.165) is 28.3 Å². The van der Waals surface area contributed by atoms with Gasteiger partial charge in [0.05, 0.1) is 20.1 Å². The summed E-state index contributed by atoms with van der Waals surface area (Å²) in [6.07, 6.45) is 3.94. The highest BCUT2D eigenvalue weighted by atomic mass is 35.5. The summed E-state index contributed by atoms with van der Waals surface area (Å²) in [6, 6.07) is 22.2. The van der Waals surface area contributed by atoms with Crippen LogP contribution in [0.5, 0.6) is 5.75 Å². The lowest BCUT2D eigenvalue weighted by molar-refractivity contribution is -0.143. The third-order valence-corrected chi connectivity index (χ3v) is 6.06. The zero-order valence-electron chi connectivity index (χ0n) is 25.1. The normalized spacial score (nSPS) is 10.4. The van der Waals surface area contributed by atoms with E-state index in [9.17, 15) is 4.79 Å². The second-order valence-corrected chi connectivity index (χ2v) is 9.06. The summed E-state index contributed by atoms with van der Waals surface area (Å²) < 4.78 is 10.1. The lowest BCUT2D eigenvalue weighted by Gasteiger charge is -2.18. The van der Waals surface area contributed by atoms with Gasteiger partial charge in [0.25, 0.3) is 0 Å². The first-order valence-electron chi connectivity index (χ1n) is 14.0. The molecule has 38 heavy (non-hydrogen) atoms. The average molecular weight is 541 g/mol. The number of hydrogen-bond acceptors (Lipinski definition) is 3. The Morgan fingerprint density at radius 1 is 0.868 bits per heavy atom. The van der Waals surface area contributed by atoms with Gasteiger partial charge in [-0.25, -0.2) is 0 Å². The van der Waals surface area contributed by atoms with Crippen LogP contribution in [0, 0.1) is 6.92 Å². The molecular formula is C34H49ClO3. The highest BCUT2D eigenvalue weighted by molar-refractivity contribution is 6.30. The summed E-state index contributed by atoms with van der Waals surface area (Å²) in [5, 5.41) is 0.752. The van der Waals surface area contributed by atoms with E-state index in [1.165, 1.54) is 29.5 Å². The van der Waals surface area contributed by atoms with Crippen molar-refractivity contribution in [2.24, 2.45) is 0 Å². The summed E-state index contributed by atoms with van der Waals surface area (Å²) >= 11 is 6.13. The van der Waals surface area contributed by atoms with Gasteiger partial charge in [0.1, 0.15) is 5.75 Å². The molecule has 0 amide bonds. The van der Waals surface area contributed by atoms with Gasteiger partial charge in [-0.3, -0.25) is 4.79 Å². The van der Waals surface area contributed by atoms with E-state index in [-0.39, 0.29) is 11.9 Å². The predicted molar refractivity (Wildman–Crippen MR) is 166 cm³/mol. The van der Waals surface area contributed by atoms with Crippen LogP contribution in [0.1, 0.15) is 90.3 Å². The molecule has 0 N–H and O–H groups in total. The lowest BCUT2D eigenvalue weighted by atomic mass is 9.87. The van der Waals surface area contributed by atoms with E-state index in [1.54, 1.807) is 7.11 Å². The smallest absolute Gasteiger partial charge is 0.306 e. The third kappa shape index (κ3) is 12.6. The van der Waals surface area contributed by atoms with Gasteiger partial charge in [0.15, 0.2) is 0 Å². The van der Waals surface area contributed by atoms with Gasteiger partial charge in [-0.05, 0) is 72.2 Å². The molecule has 0 aromatic heterocycles. The Morgan fingerprint density at radius 2 is 1.47 bits per heavy atom. The number of hydrogen-bond donors (Lipinski definition) is 0. The van der Waals surface area contributed by atoms with Crippen molar-refractivity contribution in [1.82, 2.24) is 0 Å². The molecule has 0 saturated carbocycles. The molecule has 3 aromatic rings. The molecular weight excluding hydrogens is 492 g/mol. The number of carbonyl (C=O) groups excluding carboxylic acids is 1. The molecule has 1 unspecified atom stereocenters. The number of carbonyl (C=O) groups is 1. The minimum Gasteiger partial charge on any atom is -0.496 e. The number of ether oxygens (including phenoxy) is 2.